The van der Waals surface area contributed by atoms with Gasteiger partial charge >= 0.3 is 6.18 Å². The Morgan fingerprint density at radius 1 is 0.955 bits per heavy atom. The number of halogens is 6. The van der Waals surface area contributed by atoms with Crippen LogP contribution in [-0.4, -0.2) is 16.8 Å². The van der Waals surface area contributed by atoms with Crippen molar-refractivity contribution in [2.45, 2.75) is 12.2 Å². The van der Waals surface area contributed by atoms with Crippen molar-refractivity contribution in [1.29, 1.82) is 5.26 Å². The molecular weight excluding hydrogens is 603 g/mol. The minimum absolute atomic E-state index is 0.00649. The number of hydrogen-bond donors (Lipinski definition) is 2. The number of amides is 2. The van der Waals surface area contributed by atoms with Crippen LogP contribution in [0, 0.1) is 23.0 Å². The van der Waals surface area contributed by atoms with E-state index < -0.39 is 46.8 Å². The lowest BCUT2D eigenvalue weighted by atomic mass is 9.92. The minimum Gasteiger partial charge on any atom is -0.341 e. The summed E-state index contributed by atoms with van der Waals surface area (Å²) in [7, 11) is 0. The highest BCUT2D eigenvalue weighted by molar-refractivity contribution is 6.31. The summed E-state index contributed by atoms with van der Waals surface area (Å²) in [4.78, 5) is 30.8. The Hall–Kier alpha value is -5.34. The fraction of sp³-hybridized carbons (Fsp3) is 0.0625. The number of nitrogens with one attached hydrogen (secondary N) is 2. The highest BCUT2D eigenvalue weighted by Gasteiger charge is 2.36. The van der Waals surface area contributed by atoms with Crippen LogP contribution < -0.4 is 10.6 Å². The highest BCUT2D eigenvalue weighted by atomic mass is 35.5. The standard InChI is InChI=1S/C32H16ClF5N4O2/c33-25-3-2-21(34)12-23(25)29-28-24(31(44)42-29)9-17(16-1-4-26-18(6-16)5-15(13-39)14-40-26)10-27(28)41-30(43)19-7-20(32(36,37)38)11-22(35)8-19/h1-12,14,29H,(H,41,43)(H,42,44). The molecule has 4 aromatic carbocycles. The van der Waals surface area contributed by atoms with Crippen LogP contribution in [0.1, 0.15) is 49.0 Å². The molecule has 0 spiro atoms. The third-order valence-corrected chi connectivity index (χ3v) is 7.48. The molecule has 1 atom stereocenters. The zero-order valence-electron chi connectivity index (χ0n) is 22.1. The van der Waals surface area contributed by atoms with Crippen LogP contribution in [0.3, 0.4) is 0 Å². The minimum atomic E-state index is -4.91. The van der Waals surface area contributed by atoms with Gasteiger partial charge in [0.25, 0.3) is 11.8 Å². The molecule has 0 saturated heterocycles. The first-order valence-corrected chi connectivity index (χ1v) is 13.2. The van der Waals surface area contributed by atoms with E-state index in [9.17, 15) is 36.8 Å². The molecule has 0 bridgehead atoms. The number of benzene rings is 4. The summed E-state index contributed by atoms with van der Waals surface area (Å²) in [5.74, 6) is -3.58. The van der Waals surface area contributed by atoms with Crippen molar-refractivity contribution in [1.82, 2.24) is 10.3 Å². The van der Waals surface area contributed by atoms with Gasteiger partial charge in [0.1, 0.15) is 17.7 Å². The Morgan fingerprint density at radius 3 is 2.50 bits per heavy atom. The molecule has 6 nitrogen and oxygen atoms in total. The Balaban J connectivity index is 1.52. The number of fused-ring (bicyclic) bond motifs is 2. The van der Waals surface area contributed by atoms with Crippen LogP contribution in [0.15, 0.2) is 79.0 Å². The number of pyridine rings is 1. The molecule has 2 heterocycles. The summed E-state index contributed by atoms with van der Waals surface area (Å²) in [6.45, 7) is 0. The van der Waals surface area contributed by atoms with Gasteiger partial charge in [-0.15, -0.1) is 0 Å². The second-order valence-corrected chi connectivity index (χ2v) is 10.4. The van der Waals surface area contributed by atoms with Crippen LogP contribution in [0.5, 0.6) is 0 Å². The number of rotatable bonds is 4. The number of hydrogen-bond acceptors (Lipinski definition) is 4. The Labute approximate surface area is 250 Å². The summed E-state index contributed by atoms with van der Waals surface area (Å²) >= 11 is 6.35. The van der Waals surface area contributed by atoms with E-state index in [1.54, 1.807) is 30.3 Å². The normalized spacial score (nSPS) is 14.2. The van der Waals surface area contributed by atoms with E-state index in [0.29, 0.717) is 39.7 Å². The first-order chi connectivity index (χ1) is 20.9. The van der Waals surface area contributed by atoms with Gasteiger partial charge in [-0.1, -0.05) is 17.7 Å². The average molecular weight is 619 g/mol. The zero-order valence-corrected chi connectivity index (χ0v) is 22.8. The Kier molecular flexibility index (Phi) is 7.02. The maximum atomic E-state index is 14.3. The van der Waals surface area contributed by atoms with Crippen molar-refractivity contribution in [2.75, 3.05) is 5.32 Å². The van der Waals surface area contributed by atoms with Gasteiger partial charge in [-0.05, 0) is 77.9 Å². The van der Waals surface area contributed by atoms with Gasteiger partial charge in [0.05, 0.1) is 22.7 Å². The third-order valence-electron chi connectivity index (χ3n) is 7.14. The van der Waals surface area contributed by atoms with Gasteiger partial charge in [-0.25, -0.2) is 8.78 Å². The van der Waals surface area contributed by atoms with Gasteiger partial charge in [-0.2, -0.15) is 18.4 Å². The molecule has 12 heteroatoms. The summed E-state index contributed by atoms with van der Waals surface area (Å²) in [6, 6.07) is 15.7. The van der Waals surface area contributed by atoms with E-state index in [0.717, 1.165) is 12.1 Å². The largest absolute Gasteiger partial charge is 0.416 e. The van der Waals surface area contributed by atoms with E-state index in [4.69, 9.17) is 11.6 Å². The van der Waals surface area contributed by atoms with Crippen molar-refractivity contribution in [3.8, 4) is 17.2 Å². The quantitative estimate of drug-likeness (QED) is 0.201. The number of aromatic nitrogens is 1. The summed E-state index contributed by atoms with van der Waals surface area (Å²) in [5, 5.41) is 15.2. The molecule has 5 aromatic rings. The number of alkyl halides is 3. The molecular formula is C32H16ClF5N4O2. The fourth-order valence-corrected chi connectivity index (χ4v) is 5.35. The van der Waals surface area contributed by atoms with Crippen molar-refractivity contribution in [2.24, 2.45) is 0 Å². The predicted molar refractivity (Wildman–Crippen MR) is 152 cm³/mol. The number of anilines is 1. The molecule has 1 aliphatic heterocycles. The lowest BCUT2D eigenvalue weighted by Crippen LogP contribution is -2.21. The second-order valence-electron chi connectivity index (χ2n) is 9.98. The number of nitrogens with zero attached hydrogens (tertiary/aromatic N) is 2. The monoisotopic (exact) mass is 618 g/mol. The van der Waals surface area contributed by atoms with Crippen LogP contribution in [-0.2, 0) is 6.18 Å². The first kappa shape index (κ1) is 28.8. The molecule has 44 heavy (non-hydrogen) atoms. The lowest BCUT2D eigenvalue weighted by molar-refractivity contribution is -0.137. The molecule has 2 amide bonds. The van der Waals surface area contributed by atoms with Crippen molar-refractivity contribution in [3.05, 3.63) is 129 Å². The highest BCUT2D eigenvalue weighted by Crippen LogP contribution is 2.42. The van der Waals surface area contributed by atoms with Crippen molar-refractivity contribution < 1.29 is 31.5 Å². The van der Waals surface area contributed by atoms with Crippen LogP contribution in [0.2, 0.25) is 5.02 Å². The predicted octanol–water partition coefficient (Wildman–Crippen LogP) is 7.81. The molecule has 0 saturated carbocycles. The maximum Gasteiger partial charge on any atom is 0.416 e. The van der Waals surface area contributed by atoms with E-state index >= 15 is 0 Å². The van der Waals surface area contributed by atoms with Crippen LogP contribution >= 0.6 is 11.6 Å². The fourth-order valence-electron chi connectivity index (χ4n) is 5.12. The molecule has 1 aromatic heterocycles. The number of carbonyl (C=O) groups is 2. The SMILES string of the molecule is N#Cc1cnc2ccc(-c3cc(NC(=O)c4cc(F)cc(C(F)(F)F)c4)c4c(c3)C(=O)NC4c3cc(F)ccc3Cl)cc2c1. The summed E-state index contributed by atoms with van der Waals surface area (Å²) < 4.78 is 68.5. The lowest BCUT2D eigenvalue weighted by Gasteiger charge is -2.19. The van der Waals surface area contributed by atoms with Gasteiger partial charge in [-0.3, -0.25) is 14.6 Å². The van der Waals surface area contributed by atoms with Crippen LogP contribution in [0.4, 0.5) is 27.6 Å². The molecule has 1 aliphatic rings. The van der Waals surface area contributed by atoms with Crippen molar-refractivity contribution >= 4 is 40.0 Å². The molecule has 218 valence electrons. The van der Waals surface area contributed by atoms with E-state index in [1.165, 1.54) is 18.3 Å². The third kappa shape index (κ3) is 5.31. The van der Waals surface area contributed by atoms with E-state index in [2.05, 4.69) is 15.6 Å². The smallest absolute Gasteiger partial charge is 0.341 e. The zero-order chi connectivity index (χ0) is 31.3. The Morgan fingerprint density at radius 2 is 1.75 bits per heavy atom. The first-order valence-electron chi connectivity index (χ1n) is 12.8. The van der Waals surface area contributed by atoms with Gasteiger partial charge < -0.3 is 10.6 Å². The summed E-state index contributed by atoms with van der Waals surface area (Å²) in [5.41, 5.74) is 0.341. The second kappa shape index (κ2) is 10.7. The average Bonchev–Trinajstić information content (AvgIpc) is 3.33. The number of carbonyl (C=O) groups excluding carboxylic acids is 2. The Bertz CT molecular complexity index is 2070. The van der Waals surface area contributed by atoms with Gasteiger partial charge in [0.2, 0.25) is 0 Å². The summed E-state index contributed by atoms with van der Waals surface area (Å²) in [6.07, 6.45) is -3.49. The van der Waals surface area contributed by atoms with Gasteiger partial charge in [0.15, 0.2) is 0 Å². The number of nitriles is 1. The van der Waals surface area contributed by atoms with Crippen molar-refractivity contribution in [3.63, 3.8) is 0 Å². The molecule has 6 rings (SSSR count). The van der Waals surface area contributed by atoms with E-state index in [-0.39, 0.29) is 33.5 Å². The molecule has 0 radical (unpaired) electrons. The van der Waals surface area contributed by atoms with E-state index in [1.807, 2.05) is 6.07 Å². The molecule has 2 N–H and O–H groups in total. The molecule has 0 aliphatic carbocycles. The van der Waals surface area contributed by atoms with Crippen LogP contribution in [0.25, 0.3) is 22.0 Å². The molecule has 1 unspecified atom stereocenters. The molecule has 0 fully saturated rings. The maximum absolute atomic E-state index is 14.3. The van der Waals surface area contributed by atoms with Gasteiger partial charge in [0, 0.05) is 44.5 Å². The topological polar surface area (TPSA) is 94.9 Å².